The molecule has 0 spiro atoms. The molecule has 1 saturated heterocycles. The number of morpholine rings is 1. The Hall–Kier alpha value is -2.80. The van der Waals surface area contributed by atoms with Gasteiger partial charge in [0.15, 0.2) is 0 Å². The number of anilines is 2. The Morgan fingerprint density at radius 3 is 2.52 bits per heavy atom. The first-order valence-corrected chi connectivity index (χ1v) is 8.75. The van der Waals surface area contributed by atoms with Crippen LogP contribution >= 0.6 is 0 Å². The molecule has 1 aliphatic heterocycles. The number of carbonyl (C=O) groups is 1. The molecule has 2 atom stereocenters. The van der Waals surface area contributed by atoms with Crippen molar-refractivity contribution in [1.82, 2.24) is 0 Å². The zero-order chi connectivity index (χ0) is 19.6. The minimum atomic E-state index is -0.532. The number of carbonyl (C=O) groups excluding carboxylic acids is 1. The van der Waals surface area contributed by atoms with Crippen molar-refractivity contribution in [2.75, 3.05) is 30.4 Å². The summed E-state index contributed by atoms with van der Waals surface area (Å²) in [5, 5.41) is 12.6. The van der Waals surface area contributed by atoms with E-state index in [1.807, 2.05) is 18.7 Å². The van der Waals surface area contributed by atoms with Crippen molar-refractivity contribution in [2.24, 2.45) is 0 Å². The van der Waals surface area contributed by atoms with Gasteiger partial charge in [-0.25, -0.2) is 4.39 Å². The van der Waals surface area contributed by atoms with Gasteiger partial charge in [-0.1, -0.05) is 0 Å². The molecule has 3 rings (SSSR count). The molecule has 2 unspecified atom stereocenters. The van der Waals surface area contributed by atoms with E-state index in [2.05, 4.69) is 5.32 Å². The number of amides is 1. The molecule has 1 fully saturated rings. The smallest absolute Gasteiger partial charge is 0.259 e. The Labute approximate surface area is 157 Å². The van der Waals surface area contributed by atoms with E-state index in [1.165, 1.54) is 25.3 Å². The van der Waals surface area contributed by atoms with Crippen LogP contribution in [0.25, 0.3) is 0 Å². The maximum atomic E-state index is 14.6. The van der Waals surface area contributed by atoms with E-state index < -0.39 is 11.7 Å². The number of nitrogens with one attached hydrogen (secondary N) is 1. The molecule has 1 aliphatic rings. The SMILES string of the molecule is COc1ccc(C(=O)Nc2ccc(N3CC(C)OC(C)C3)c(F)c2)c(O)c1. The number of rotatable bonds is 4. The van der Waals surface area contributed by atoms with Crippen molar-refractivity contribution in [3.63, 3.8) is 0 Å². The number of ether oxygens (including phenoxy) is 2. The molecule has 7 heteroatoms. The van der Waals surface area contributed by atoms with E-state index in [4.69, 9.17) is 9.47 Å². The highest BCUT2D eigenvalue weighted by Crippen LogP contribution is 2.28. The molecule has 1 amide bonds. The molecule has 2 aromatic rings. The standard InChI is InChI=1S/C20H23FN2O4/c1-12-10-23(11-13(2)27-12)18-7-4-14(8-17(18)21)22-20(25)16-6-5-15(26-3)9-19(16)24/h4-9,12-13,24H,10-11H2,1-3H3,(H,22,25). The third-order valence-corrected chi connectivity index (χ3v) is 4.42. The van der Waals surface area contributed by atoms with Gasteiger partial charge in [-0.2, -0.15) is 0 Å². The largest absolute Gasteiger partial charge is 0.507 e. The third kappa shape index (κ3) is 4.31. The number of benzene rings is 2. The number of aromatic hydroxyl groups is 1. The molecule has 0 saturated carbocycles. The van der Waals surface area contributed by atoms with Crippen LogP contribution in [-0.4, -0.2) is 43.4 Å². The zero-order valence-electron chi connectivity index (χ0n) is 15.5. The van der Waals surface area contributed by atoms with E-state index in [0.717, 1.165) is 0 Å². The summed E-state index contributed by atoms with van der Waals surface area (Å²) in [7, 11) is 1.47. The van der Waals surface area contributed by atoms with Crippen molar-refractivity contribution in [3.8, 4) is 11.5 Å². The van der Waals surface area contributed by atoms with Gasteiger partial charge in [0.25, 0.3) is 5.91 Å². The van der Waals surface area contributed by atoms with E-state index in [0.29, 0.717) is 30.2 Å². The molecule has 6 nitrogen and oxygen atoms in total. The maximum Gasteiger partial charge on any atom is 0.259 e. The summed E-state index contributed by atoms with van der Waals surface area (Å²) in [6.45, 7) is 5.12. The summed E-state index contributed by atoms with van der Waals surface area (Å²) in [4.78, 5) is 14.3. The molecular weight excluding hydrogens is 351 g/mol. The minimum Gasteiger partial charge on any atom is -0.507 e. The van der Waals surface area contributed by atoms with Gasteiger partial charge in [-0.15, -0.1) is 0 Å². The van der Waals surface area contributed by atoms with Crippen molar-refractivity contribution < 1.29 is 23.8 Å². The Balaban J connectivity index is 1.75. The summed E-state index contributed by atoms with van der Waals surface area (Å²) in [6, 6.07) is 8.92. The van der Waals surface area contributed by atoms with Crippen LogP contribution in [-0.2, 0) is 4.74 Å². The van der Waals surface area contributed by atoms with Gasteiger partial charge >= 0.3 is 0 Å². The fraction of sp³-hybridized carbons (Fsp3) is 0.350. The molecular formula is C20H23FN2O4. The van der Waals surface area contributed by atoms with E-state index in [9.17, 15) is 14.3 Å². The Morgan fingerprint density at radius 2 is 1.93 bits per heavy atom. The van der Waals surface area contributed by atoms with Crippen LogP contribution in [0.2, 0.25) is 0 Å². The van der Waals surface area contributed by atoms with Crippen LogP contribution in [0.5, 0.6) is 11.5 Å². The lowest BCUT2D eigenvalue weighted by atomic mass is 10.1. The quantitative estimate of drug-likeness (QED) is 0.858. The van der Waals surface area contributed by atoms with Crippen molar-refractivity contribution in [2.45, 2.75) is 26.1 Å². The molecule has 0 radical (unpaired) electrons. The lowest BCUT2D eigenvalue weighted by Crippen LogP contribution is -2.45. The average Bonchev–Trinajstić information content (AvgIpc) is 2.60. The molecule has 2 N–H and O–H groups in total. The number of nitrogens with zero attached hydrogens (tertiary/aromatic N) is 1. The highest BCUT2D eigenvalue weighted by atomic mass is 19.1. The average molecular weight is 374 g/mol. The Kier molecular flexibility index (Phi) is 5.51. The first-order valence-electron chi connectivity index (χ1n) is 8.75. The van der Waals surface area contributed by atoms with E-state index in [-0.39, 0.29) is 23.5 Å². The second-order valence-corrected chi connectivity index (χ2v) is 6.67. The van der Waals surface area contributed by atoms with Crippen LogP contribution in [0, 0.1) is 5.82 Å². The fourth-order valence-corrected chi connectivity index (χ4v) is 3.24. The summed E-state index contributed by atoms with van der Waals surface area (Å²) in [6.07, 6.45) is 0.0381. The van der Waals surface area contributed by atoms with E-state index >= 15 is 0 Å². The number of hydrogen-bond acceptors (Lipinski definition) is 5. The van der Waals surface area contributed by atoms with E-state index in [1.54, 1.807) is 18.2 Å². The van der Waals surface area contributed by atoms with Gasteiger partial charge in [0.1, 0.15) is 17.3 Å². The minimum absolute atomic E-state index is 0.0191. The number of phenolic OH excluding ortho intramolecular Hbond substituents is 1. The molecule has 0 aliphatic carbocycles. The first kappa shape index (κ1) is 19.0. The summed E-state index contributed by atoms with van der Waals surface area (Å²) in [5.74, 6) is -0.724. The number of phenols is 1. The van der Waals surface area contributed by atoms with Crippen LogP contribution in [0.1, 0.15) is 24.2 Å². The van der Waals surface area contributed by atoms with Crippen molar-refractivity contribution in [1.29, 1.82) is 0 Å². The van der Waals surface area contributed by atoms with Gasteiger partial charge in [-0.05, 0) is 44.2 Å². The zero-order valence-corrected chi connectivity index (χ0v) is 15.5. The van der Waals surface area contributed by atoms with Gasteiger partial charge in [0.2, 0.25) is 0 Å². The van der Waals surface area contributed by atoms with Crippen LogP contribution in [0.4, 0.5) is 15.8 Å². The molecule has 144 valence electrons. The monoisotopic (exact) mass is 374 g/mol. The van der Waals surface area contributed by atoms with Crippen molar-refractivity contribution in [3.05, 3.63) is 47.8 Å². The highest BCUT2D eigenvalue weighted by molar-refractivity contribution is 6.06. The van der Waals surface area contributed by atoms with Crippen LogP contribution < -0.4 is 15.0 Å². The van der Waals surface area contributed by atoms with Crippen LogP contribution in [0.3, 0.4) is 0 Å². The Morgan fingerprint density at radius 1 is 1.22 bits per heavy atom. The normalized spacial score (nSPS) is 19.6. The maximum absolute atomic E-state index is 14.6. The lowest BCUT2D eigenvalue weighted by Gasteiger charge is -2.37. The summed E-state index contributed by atoms with van der Waals surface area (Å²) in [5.41, 5.74) is 0.865. The predicted octanol–water partition coefficient (Wildman–Crippen LogP) is 3.41. The number of hydrogen-bond donors (Lipinski definition) is 2. The molecule has 0 aromatic heterocycles. The second-order valence-electron chi connectivity index (χ2n) is 6.67. The summed E-state index contributed by atoms with van der Waals surface area (Å²) >= 11 is 0. The second kappa shape index (κ2) is 7.84. The lowest BCUT2D eigenvalue weighted by molar-refractivity contribution is -0.00539. The molecule has 2 aromatic carbocycles. The Bertz CT molecular complexity index is 833. The van der Waals surface area contributed by atoms with Gasteiger partial charge in [0, 0.05) is 24.8 Å². The fourth-order valence-electron chi connectivity index (χ4n) is 3.24. The van der Waals surface area contributed by atoms with Gasteiger partial charge < -0.3 is 24.8 Å². The first-order chi connectivity index (χ1) is 12.9. The highest BCUT2D eigenvalue weighted by Gasteiger charge is 2.24. The molecule has 1 heterocycles. The van der Waals surface area contributed by atoms with Crippen molar-refractivity contribution >= 4 is 17.3 Å². The predicted molar refractivity (Wildman–Crippen MR) is 101 cm³/mol. The summed E-state index contributed by atoms with van der Waals surface area (Å²) < 4.78 is 25.3. The van der Waals surface area contributed by atoms with Crippen LogP contribution in [0.15, 0.2) is 36.4 Å². The molecule has 0 bridgehead atoms. The topological polar surface area (TPSA) is 71.0 Å². The van der Waals surface area contributed by atoms with Gasteiger partial charge in [-0.3, -0.25) is 4.79 Å². The molecule has 27 heavy (non-hydrogen) atoms. The number of methoxy groups -OCH3 is 1. The number of halogens is 1. The third-order valence-electron chi connectivity index (χ3n) is 4.42. The van der Waals surface area contributed by atoms with Gasteiger partial charge in [0.05, 0.1) is 30.6 Å².